The summed E-state index contributed by atoms with van der Waals surface area (Å²) >= 11 is 7.41. The third-order valence-electron chi connectivity index (χ3n) is 6.77. The van der Waals surface area contributed by atoms with Crippen LogP contribution in [0.25, 0.3) is 6.08 Å². The Labute approximate surface area is 253 Å². The second kappa shape index (κ2) is 12.4. The van der Waals surface area contributed by atoms with Crippen LogP contribution >= 0.6 is 22.9 Å². The van der Waals surface area contributed by atoms with Gasteiger partial charge in [0.25, 0.3) is 5.56 Å². The van der Waals surface area contributed by atoms with Gasteiger partial charge in [0, 0.05) is 5.02 Å². The number of ether oxygens (including phenoxy) is 3. The van der Waals surface area contributed by atoms with E-state index in [0.29, 0.717) is 43.7 Å². The van der Waals surface area contributed by atoms with Crippen LogP contribution in [0.1, 0.15) is 49.1 Å². The van der Waals surface area contributed by atoms with E-state index in [-0.39, 0.29) is 11.7 Å². The van der Waals surface area contributed by atoms with Gasteiger partial charge in [0.15, 0.2) is 16.3 Å². The first kappa shape index (κ1) is 29.4. The van der Waals surface area contributed by atoms with E-state index in [9.17, 15) is 9.59 Å². The molecule has 9 heteroatoms. The maximum absolute atomic E-state index is 13.9. The number of carbonyl (C=O) groups is 1. The first-order valence-electron chi connectivity index (χ1n) is 13.5. The van der Waals surface area contributed by atoms with E-state index >= 15 is 0 Å². The van der Waals surface area contributed by atoms with Crippen LogP contribution in [0.2, 0.25) is 5.02 Å². The zero-order valence-electron chi connectivity index (χ0n) is 24.0. The van der Waals surface area contributed by atoms with Crippen LogP contribution in [0.15, 0.2) is 87.8 Å². The molecule has 0 saturated heterocycles. The Morgan fingerprint density at radius 3 is 2.43 bits per heavy atom. The van der Waals surface area contributed by atoms with Gasteiger partial charge >= 0.3 is 5.97 Å². The number of esters is 1. The number of thiazole rings is 1. The number of halogens is 1. The van der Waals surface area contributed by atoms with Gasteiger partial charge in [-0.15, -0.1) is 0 Å². The van der Waals surface area contributed by atoms with Crippen molar-refractivity contribution >= 4 is 35.0 Å². The van der Waals surface area contributed by atoms with E-state index in [4.69, 9.17) is 25.8 Å². The number of aromatic nitrogens is 1. The monoisotopic (exact) mass is 602 g/mol. The molecule has 7 nitrogen and oxygen atoms in total. The quantitative estimate of drug-likeness (QED) is 0.241. The molecule has 3 aromatic carbocycles. The summed E-state index contributed by atoms with van der Waals surface area (Å²) in [5, 5.41) is 0.554. The van der Waals surface area contributed by atoms with Gasteiger partial charge in [-0.1, -0.05) is 71.0 Å². The molecule has 42 heavy (non-hydrogen) atoms. The van der Waals surface area contributed by atoms with Crippen molar-refractivity contribution < 1.29 is 19.0 Å². The third-order valence-corrected chi connectivity index (χ3v) is 8.01. The summed E-state index contributed by atoms with van der Waals surface area (Å²) in [4.78, 5) is 32.3. The highest BCUT2D eigenvalue weighted by molar-refractivity contribution is 7.07. The van der Waals surface area contributed by atoms with Crippen LogP contribution in [0, 0.1) is 6.92 Å². The Morgan fingerprint density at radius 1 is 1.05 bits per heavy atom. The van der Waals surface area contributed by atoms with E-state index in [1.165, 1.54) is 16.9 Å². The largest absolute Gasteiger partial charge is 0.493 e. The number of benzene rings is 3. The number of nitrogens with zero attached hydrogens (tertiary/aromatic N) is 2. The van der Waals surface area contributed by atoms with Crippen molar-refractivity contribution in [3.05, 3.63) is 125 Å². The number of carbonyl (C=O) groups excluding carboxylic acids is 1. The molecule has 216 valence electrons. The van der Waals surface area contributed by atoms with Crippen molar-refractivity contribution in [3.63, 3.8) is 0 Å². The minimum atomic E-state index is -0.709. The number of aryl methyl sites for hydroxylation is 1. The highest BCUT2D eigenvalue weighted by Crippen LogP contribution is 2.32. The SMILES string of the molecule is COc1cc(C=c2sc3n(c2=O)C(c2ccc(Cl)cc2)C(C(=O)OC(C)C)=C(C)N=3)ccc1OCc1ccc(C)cc1. The molecule has 0 amide bonds. The summed E-state index contributed by atoms with van der Waals surface area (Å²) in [5.74, 6) is 0.645. The first-order chi connectivity index (χ1) is 20.1. The maximum Gasteiger partial charge on any atom is 0.338 e. The molecule has 5 rings (SSSR count). The van der Waals surface area contributed by atoms with Crippen molar-refractivity contribution in [2.45, 2.75) is 46.4 Å². The van der Waals surface area contributed by atoms with Crippen molar-refractivity contribution in [3.8, 4) is 11.5 Å². The molecular weight excluding hydrogens is 572 g/mol. The fourth-order valence-electron chi connectivity index (χ4n) is 4.71. The van der Waals surface area contributed by atoms with E-state index in [1.54, 1.807) is 50.7 Å². The van der Waals surface area contributed by atoms with E-state index in [0.717, 1.165) is 16.7 Å². The van der Waals surface area contributed by atoms with Crippen molar-refractivity contribution in [1.29, 1.82) is 0 Å². The molecule has 0 bridgehead atoms. The molecule has 0 N–H and O–H groups in total. The van der Waals surface area contributed by atoms with Gasteiger partial charge in [-0.25, -0.2) is 9.79 Å². The van der Waals surface area contributed by atoms with Crippen LogP contribution in [-0.4, -0.2) is 23.8 Å². The Bertz CT molecular complexity index is 1840. The lowest BCUT2D eigenvalue weighted by Gasteiger charge is -2.25. The summed E-state index contributed by atoms with van der Waals surface area (Å²) in [5.41, 5.74) is 4.29. The topological polar surface area (TPSA) is 79.1 Å². The van der Waals surface area contributed by atoms with E-state index in [2.05, 4.69) is 4.99 Å². The fourth-order valence-corrected chi connectivity index (χ4v) is 5.88. The molecule has 1 aliphatic heterocycles. The Kier molecular flexibility index (Phi) is 8.66. The minimum absolute atomic E-state index is 0.264. The summed E-state index contributed by atoms with van der Waals surface area (Å²) in [7, 11) is 1.58. The molecular formula is C33H31ClN2O5S. The lowest BCUT2D eigenvalue weighted by Crippen LogP contribution is -2.40. The van der Waals surface area contributed by atoms with Gasteiger partial charge < -0.3 is 14.2 Å². The Hall–Kier alpha value is -4.14. The third kappa shape index (κ3) is 6.20. The summed E-state index contributed by atoms with van der Waals surface area (Å²) in [6, 6.07) is 20.1. The summed E-state index contributed by atoms with van der Waals surface area (Å²) < 4.78 is 19.2. The highest BCUT2D eigenvalue weighted by atomic mass is 35.5. The van der Waals surface area contributed by atoms with Crippen LogP contribution in [-0.2, 0) is 16.1 Å². The van der Waals surface area contributed by atoms with Gasteiger partial charge in [-0.2, -0.15) is 0 Å². The molecule has 4 aromatic rings. The Balaban J connectivity index is 1.53. The average molecular weight is 603 g/mol. The molecule has 0 radical (unpaired) electrons. The van der Waals surface area contributed by atoms with Crippen LogP contribution in [0.4, 0.5) is 0 Å². The second-order valence-electron chi connectivity index (χ2n) is 10.3. The van der Waals surface area contributed by atoms with Gasteiger partial charge in [0.05, 0.1) is 35.1 Å². The van der Waals surface area contributed by atoms with Crippen molar-refractivity contribution in [2.75, 3.05) is 7.11 Å². The zero-order valence-corrected chi connectivity index (χ0v) is 25.6. The van der Waals surface area contributed by atoms with Crippen LogP contribution in [0.3, 0.4) is 0 Å². The smallest absolute Gasteiger partial charge is 0.338 e. The second-order valence-corrected chi connectivity index (χ2v) is 11.7. The molecule has 1 unspecified atom stereocenters. The number of hydrogen-bond donors (Lipinski definition) is 0. The molecule has 1 aliphatic rings. The summed E-state index contributed by atoms with van der Waals surface area (Å²) in [6.45, 7) is 7.78. The van der Waals surface area contributed by atoms with Gasteiger partial charge in [0.1, 0.15) is 6.61 Å². The number of allylic oxidation sites excluding steroid dienone is 1. The predicted molar refractivity (Wildman–Crippen MR) is 165 cm³/mol. The van der Waals surface area contributed by atoms with E-state index < -0.39 is 12.0 Å². The molecule has 0 saturated carbocycles. The van der Waals surface area contributed by atoms with E-state index in [1.807, 2.05) is 61.5 Å². The standard InChI is InChI=1S/C33H31ClN2O5S/c1-19(2)41-32(38)29-21(4)35-33-36(30(29)24-11-13-25(34)14-12-24)31(37)28(42-33)17-23-10-15-26(27(16-23)39-5)40-18-22-8-6-20(3)7-9-22/h6-17,19,30H,18H2,1-5H3. The normalized spacial score (nSPS) is 14.9. The number of hydrogen-bond acceptors (Lipinski definition) is 7. The average Bonchev–Trinajstić information content (AvgIpc) is 3.26. The maximum atomic E-state index is 13.9. The number of fused-ring (bicyclic) bond motifs is 1. The van der Waals surface area contributed by atoms with Gasteiger partial charge in [0.2, 0.25) is 0 Å². The number of methoxy groups -OCH3 is 1. The van der Waals surface area contributed by atoms with Crippen LogP contribution < -0.4 is 24.4 Å². The summed E-state index contributed by atoms with van der Waals surface area (Å²) in [6.07, 6.45) is 1.47. The molecule has 1 atom stereocenters. The van der Waals surface area contributed by atoms with Crippen molar-refractivity contribution in [1.82, 2.24) is 4.57 Å². The fraction of sp³-hybridized carbons (Fsp3) is 0.242. The zero-order chi connectivity index (χ0) is 30.0. The number of rotatable bonds is 8. The molecule has 0 fully saturated rings. The van der Waals surface area contributed by atoms with Crippen LogP contribution in [0.5, 0.6) is 11.5 Å². The van der Waals surface area contributed by atoms with Gasteiger partial charge in [-0.05, 0) is 74.7 Å². The predicted octanol–water partition coefficient (Wildman–Crippen LogP) is 5.74. The van der Waals surface area contributed by atoms with Crippen molar-refractivity contribution in [2.24, 2.45) is 4.99 Å². The molecule has 0 spiro atoms. The lowest BCUT2D eigenvalue weighted by molar-refractivity contribution is -0.143. The lowest BCUT2D eigenvalue weighted by atomic mass is 9.96. The molecule has 1 aromatic heterocycles. The molecule has 2 heterocycles. The minimum Gasteiger partial charge on any atom is -0.493 e. The first-order valence-corrected chi connectivity index (χ1v) is 14.7. The van der Waals surface area contributed by atoms with Gasteiger partial charge in [-0.3, -0.25) is 9.36 Å². The Morgan fingerprint density at radius 2 is 1.76 bits per heavy atom. The molecule has 0 aliphatic carbocycles. The highest BCUT2D eigenvalue weighted by Gasteiger charge is 2.33.